The molecule has 0 unspecified atom stereocenters. The van der Waals surface area contributed by atoms with Crippen molar-refractivity contribution in [1.82, 2.24) is 14.5 Å². The van der Waals surface area contributed by atoms with Gasteiger partial charge in [-0.05, 0) is 75.2 Å². The number of carboxylic acid groups (broad SMARTS) is 1. The van der Waals surface area contributed by atoms with Gasteiger partial charge in [-0.3, -0.25) is 14.8 Å². The first-order chi connectivity index (χ1) is 21.2. The molecule has 3 aromatic heterocycles. The molecule has 0 bridgehead atoms. The molecule has 2 aromatic carbocycles. The number of nitrogens with zero attached hydrogens (tertiary/aromatic N) is 3. The van der Waals surface area contributed by atoms with E-state index >= 15 is 0 Å². The van der Waals surface area contributed by atoms with Crippen LogP contribution in [0.5, 0.6) is 5.75 Å². The van der Waals surface area contributed by atoms with Crippen molar-refractivity contribution in [3.05, 3.63) is 107 Å². The summed E-state index contributed by atoms with van der Waals surface area (Å²) < 4.78 is 22.7. The Balaban J connectivity index is 1.59. The molecule has 45 heavy (non-hydrogen) atoms. The molecule has 0 saturated carbocycles. The third-order valence-corrected chi connectivity index (χ3v) is 9.08. The van der Waals surface area contributed by atoms with E-state index in [0.717, 1.165) is 49.8 Å². The Hall–Kier alpha value is -4.17. The van der Waals surface area contributed by atoms with Gasteiger partial charge in [-0.25, -0.2) is 4.39 Å². The molecule has 0 atom stereocenters. The first-order valence-corrected chi connectivity index (χ1v) is 15.9. The number of thioether (sulfide) groups is 1. The van der Waals surface area contributed by atoms with Crippen LogP contribution >= 0.6 is 11.8 Å². The minimum Gasteiger partial charge on any atom is -0.487 e. The van der Waals surface area contributed by atoms with Gasteiger partial charge in [-0.1, -0.05) is 51.1 Å². The second-order valence-electron chi connectivity index (χ2n) is 13.1. The molecule has 5 aromatic rings. The number of carbonyl (C=O) groups is 1. The van der Waals surface area contributed by atoms with Gasteiger partial charge < -0.3 is 14.4 Å². The maximum Gasteiger partial charge on any atom is 0.309 e. The minimum absolute atomic E-state index is 0.129. The summed E-state index contributed by atoms with van der Waals surface area (Å²) in [7, 11) is 0. The van der Waals surface area contributed by atoms with Crippen molar-refractivity contribution in [3.63, 3.8) is 0 Å². The van der Waals surface area contributed by atoms with Gasteiger partial charge in [0.15, 0.2) is 0 Å². The van der Waals surface area contributed by atoms with Crippen LogP contribution in [0.4, 0.5) is 4.39 Å². The van der Waals surface area contributed by atoms with Gasteiger partial charge in [0, 0.05) is 56.7 Å². The predicted molar refractivity (Wildman–Crippen MR) is 179 cm³/mol. The zero-order valence-electron chi connectivity index (χ0n) is 26.9. The second-order valence-corrected chi connectivity index (χ2v) is 15.0. The molecule has 0 aliphatic carbocycles. The minimum atomic E-state index is -0.992. The number of fused-ring (bicyclic) bond motifs is 1. The fourth-order valence-electron chi connectivity index (χ4n) is 5.19. The molecule has 0 amide bonds. The van der Waals surface area contributed by atoms with Crippen LogP contribution in [0.1, 0.15) is 62.8 Å². The van der Waals surface area contributed by atoms with Crippen LogP contribution in [0.2, 0.25) is 0 Å². The lowest BCUT2D eigenvalue weighted by molar-refractivity contribution is -0.146. The summed E-state index contributed by atoms with van der Waals surface area (Å²) in [4.78, 5) is 22.3. The van der Waals surface area contributed by atoms with Crippen LogP contribution < -0.4 is 4.74 Å². The second kappa shape index (κ2) is 12.7. The number of aliphatic carboxylic acids is 1. The van der Waals surface area contributed by atoms with Crippen molar-refractivity contribution in [2.24, 2.45) is 5.41 Å². The van der Waals surface area contributed by atoms with Crippen molar-refractivity contribution in [2.45, 2.75) is 77.7 Å². The fourth-order valence-corrected chi connectivity index (χ4v) is 6.37. The molecule has 6 nitrogen and oxygen atoms in total. The fraction of sp³-hybridized carbons (Fsp3) is 0.324. The predicted octanol–water partition coefficient (Wildman–Crippen LogP) is 9.03. The summed E-state index contributed by atoms with van der Waals surface area (Å²) in [5.41, 5.74) is 5.97. The van der Waals surface area contributed by atoms with Gasteiger partial charge in [0.25, 0.3) is 0 Å². The molecule has 0 aliphatic rings. The van der Waals surface area contributed by atoms with Crippen molar-refractivity contribution in [1.29, 1.82) is 0 Å². The van der Waals surface area contributed by atoms with Crippen LogP contribution in [-0.2, 0) is 24.4 Å². The number of carboxylic acids is 1. The Morgan fingerprint density at radius 2 is 1.73 bits per heavy atom. The van der Waals surface area contributed by atoms with Gasteiger partial charge in [0.2, 0.25) is 0 Å². The van der Waals surface area contributed by atoms with Crippen molar-refractivity contribution in [2.75, 3.05) is 0 Å². The van der Waals surface area contributed by atoms with E-state index in [0.29, 0.717) is 30.8 Å². The first kappa shape index (κ1) is 32.2. The zero-order valence-corrected chi connectivity index (χ0v) is 27.8. The molecule has 5 rings (SSSR count). The van der Waals surface area contributed by atoms with E-state index in [1.165, 1.54) is 6.07 Å². The summed E-state index contributed by atoms with van der Waals surface area (Å²) in [6.07, 6.45) is 1.93. The number of hydrogen-bond donors (Lipinski definition) is 1. The topological polar surface area (TPSA) is 77.2 Å². The maximum atomic E-state index is 14.4. The van der Waals surface area contributed by atoms with E-state index in [2.05, 4.69) is 53.5 Å². The van der Waals surface area contributed by atoms with Crippen LogP contribution in [0.25, 0.3) is 22.2 Å². The highest BCUT2D eigenvalue weighted by molar-refractivity contribution is 8.00. The van der Waals surface area contributed by atoms with E-state index < -0.39 is 11.4 Å². The number of ether oxygens (including phenoxy) is 1. The maximum absolute atomic E-state index is 14.4. The third-order valence-electron chi connectivity index (χ3n) is 7.81. The van der Waals surface area contributed by atoms with Gasteiger partial charge in [0.1, 0.15) is 23.9 Å². The number of hydrogen-bond acceptors (Lipinski definition) is 5. The number of halogens is 1. The highest BCUT2D eigenvalue weighted by Crippen LogP contribution is 2.44. The van der Waals surface area contributed by atoms with Crippen LogP contribution in [0.15, 0.2) is 77.8 Å². The van der Waals surface area contributed by atoms with Crippen LogP contribution in [0, 0.1) is 25.1 Å². The number of benzene rings is 2. The van der Waals surface area contributed by atoms with Crippen LogP contribution in [-0.4, -0.2) is 30.4 Å². The Bertz CT molecular complexity index is 1860. The van der Waals surface area contributed by atoms with Crippen molar-refractivity contribution < 1.29 is 19.0 Å². The summed E-state index contributed by atoms with van der Waals surface area (Å²) in [5, 5.41) is 11.1. The molecule has 0 spiro atoms. The SMILES string of the molecule is Cc1ccc(COc2ccc3c(c2)c(SC(C)(C)C)c(CC(C)(C)C(=O)O)n3Cc2ccc(-c3ncccc3F)cc2)nc1C. The summed E-state index contributed by atoms with van der Waals surface area (Å²) >= 11 is 1.74. The largest absolute Gasteiger partial charge is 0.487 e. The Morgan fingerprint density at radius 3 is 2.38 bits per heavy atom. The van der Waals surface area contributed by atoms with Gasteiger partial charge in [0.05, 0.1) is 11.1 Å². The van der Waals surface area contributed by atoms with E-state index in [-0.39, 0.29) is 10.6 Å². The number of pyridine rings is 2. The number of rotatable bonds is 10. The average Bonchev–Trinajstić information content (AvgIpc) is 3.23. The zero-order chi connectivity index (χ0) is 32.5. The quantitative estimate of drug-likeness (QED) is 0.156. The van der Waals surface area contributed by atoms with Gasteiger partial charge in [-0.2, -0.15) is 0 Å². The molecule has 0 saturated heterocycles. The van der Waals surface area contributed by atoms with E-state index in [4.69, 9.17) is 4.74 Å². The molecule has 8 heteroatoms. The lowest BCUT2D eigenvalue weighted by atomic mass is 9.88. The lowest BCUT2D eigenvalue weighted by Crippen LogP contribution is -2.28. The monoisotopic (exact) mass is 625 g/mol. The first-order valence-electron chi connectivity index (χ1n) is 15.0. The number of aryl methyl sites for hydroxylation is 2. The highest BCUT2D eigenvalue weighted by atomic mass is 32.2. The Labute approximate surface area is 268 Å². The highest BCUT2D eigenvalue weighted by Gasteiger charge is 2.33. The van der Waals surface area contributed by atoms with Crippen LogP contribution in [0.3, 0.4) is 0 Å². The summed E-state index contributed by atoms with van der Waals surface area (Å²) in [5.74, 6) is -0.492. The van der Waals surface area contributed by atoms with E-state index in [9.17, 15) is 14.3 Å². The molecule has 3 heterocycles. The van der Waals surface area contributed by atoms with Crippen molar-refractivity contribution in [3.8, 4) is 17.0 Å². The molecule has 1 N–H and O–H groups in total. The van der Waals surface area contributed by atoms with E-state index in [1.807, 2.05) is 50.2 Å². The molecular formula is C37H40FN3O3S. The summed E-state index contributed by atoms with van der Waals surface area (Å²) in [6.45, 7) is 14.9. The van der Waals surface area contributed by atoms with Gasteiger partial charge in [-0.15, -0.1) is 11.8 Å². The summed E-state index contributed by atoms with van der Waals surface area (Å²) in [6, 6.07) is 20.8. The van der Waals surface area contributed by atoms with Crippen molar-refractivity contribution >= 4 is 28.6 Å². The Kier molecular flexibility index (Phi) is 9.08. The number of aromatic nitrogens is 3. The van der Waals surface area contributed by atoms with Gasteiger partial charge >= 0.3 is 5.97 Å². The smallest absolute Gasteiger partial charge is 0.309 e. The Morgan fingerprint density at radius 1 is 1.00 bits per heavy atom. The molecule has 234 valence electrons. The normalized spacial score (nSPS) is 12.1. The third kappa shape index (κ3) is 7.39. The molecule has 0 radical (unpaired) electrons. The molecule has 0 fully saturated rings. The van der Waals surface area contributed by atoms with E-state index in [1.54, 1.807) is 37.9 Å². The standard InChI is InChI=1S/C37H40FN3O3S/c1-23-10-15-27(40-24(23)2)22-44-28-16-17-31-29(19-28)34(45-36(3,4)5)32(20-37(6,7)35(42)43)41(31)21-25-11-13-26(14-12-25)33-30(38)9-8-18-39-33/h8-19H,20-22H2,1-7H3,(H,42,43). The average molecular weight is 626 g/mol. The molecular weight excluding hydrogens is 585 g/mol. The lowest BCUT2D eigenvalue weighted by Gasteiger charge is -2.24. The molecule has 0 aliphatic heterocycles.